The molecule has 1 unspecified atom stereocenters. The number of amides is 1. The summed E-state index contributed by atoms with van der Waals surface area (Å²) in [4.78, 5) is 27.0. The van der Waals surface area contributed by atoms with Crippen molar-refractivity contribution in [1.29, 1.82) is 0 Å². The molecular weight excluding hydrogens is 513 g/mol. The highest BCUT2D eigenvalue weighted by Gasteiger charge is 2.36. The fourth-order valence-corrected chi connectivity index (χ4v) is 5.45. The molecule has 8 nitrogen and oxygen atoms in total. The van der Waals surface area contributed by atoms with Crippen molar-refractivity contribution < 1.29 is 27.4 Å². The molecule has 1 N–H and O–H groups in total. The minimum absolute atomic E-state index is 0.108. The molecule has 1 aliphatic carbocycles. The fourth-order valence-electron chi connectivity index (χ4n) is 5.45. The van der Waals surface area contributed by atoms with Crippen molar-refractivity contribution in [3.05, 3.63) is 63.4 Å². The first-order chi connectivity index (χ1) is 18.6. The van der Waals surface area contributed by atoms with Crippen molar-refractivity contribution in [2.45, 2.75) is 44.8 Å². The third-order valence-corrected chi connectivity index (χ3v) is 7.25. The lowest BCUT2D eigenvalue weighted by Crippen LogP contribution is -2.35. The molecule has 39 heavy (non-hydrogen) atoms. The molecule has 11 heteroatoms. The van der Waals surface area contributed by atoms with Crippen LogP contribution in [0.1, 0.15) is 36.5 Å². The molecule has 5 rings (SSSR count). The van der Waals surface area contributed by atoms with Gasteiger partial charge in [-0.2, -0.15) is 23.0 Å². The van der Waals surface area contributed by atoms with Crippen molar-refractivity contribution >= 4 is 11.6 Å². The maximum atomic E-state index is 14.2. The third-order valence-electron chi connectivity index (χ3n) is 7.25. The van der Waals surface area contributed by atoms with Crippen LogP contribution in [0.15, 0.2) is 41.2 Å². The number of nitrogens with zero attached hydrogens (tertiary/aromatic N) is 3. The number of fused-ring (bicyclic) bond motifs is 1. The highest BCUT2D eigenvalue weighted by molar-refractivity contribution is 5.73. The van der Waals surface area contributed by atoms with E-state index in [0.717, 1.165) is 16.3 Å². The van der Waals surface area contributed by atoms with E-state index >= 15 is 0 Å². The Morgan fingerprint density at radius 2 is 1.74 bits per heavy atom. The number of ether oxygens (including phenoxy) is 2. The van der Waals surface area contributed by atoms with E-state index in [0.29, 0.717) is 72.8 Å². The lowest BCUT2D eigenvalue weighted by atomic mass is 10.0. The normalized spacial score (nSPS) is 16.8. The molecule has 1 amide bonds. The van der Waals surface area contributed by atoms with Crippen LogP contribution in [0.2, 0.25) is 0 Å². The molecule has 0 radical (unpaired) electrons. The first-order valence-corrected chi connectivity index (χ1v) is 12.7. The number of aromatic nitrogens is 2. The number of anilines is 1. The van der Waals surface area contributed by atoms with Gasteiger partial charge in [0.15, 0.2) is 0 Å². The van der Waals surface area contributed by atoms with Crippen LogP contribution in [-0.4, -0.2) is 49.0 Å². The molecule has 1 aromatic heterocycles. The van der Waals surface area contributed by atoms with Crippen molar-refractivity contribution in [3.63, 3.8) is 0 Å². The van der Waals surface area contributed by atoms with Gasteiger partial charge in [0.1, 0.15) is 11.5 Å². The summed E-state index contributed by atoms with van der Waals surface area (Å²) in [6.45, 7) is 2.43. The topological polar surface area (TPSA) is 85.7 Å². The molecule has 0 spiro atoms. The van der Waals surface area contributed by atoms with Crippen LogP contribution in [0.3, 0.4) is 0 Å². The number of rotatable bonds is 6. The third kappa shape index (κ3) is 5.17. The van der Waals surface area contributed by atoms with E-state index in [1.807, 2.05) is 4.90 Å². The first kappa shape index (κ1) is 26.6. The van der Waals surface area contributed by atoms with Crippen LogP contribution in [0.4, 0.5) is 18.9 Å². The average Bonchev–Trinajstić information content (AvgIpc) is 3.58. The van der Waals surface area contributed by atoms with Crippen LogP contribution in [0.25, 0.3) is 16.9 Å². The van der Waals surface area contributed by atoms with Gasteiger partial charge in [-0.25, -0.2) is 0 Å². The minimum atomic E-state index is -4.71. The number of alkyl halides is 3. The van der Waals surface area contributed by atoms with Gasteiger partial charge < -0.3 is 19.7 Å². The van der Waals surface area contributed by atoms with Gasteiger partial charge in [-0.3, -0.25) is 9.59 Å². The summed E-state index contributed by atoms with van der Waals surface area (Å²) >= 11 is 0. The number of carbonyl (C=O) groups is 1. The monoisotopic (exact) mass is 542 g/mol. The summed E-state index contributed by atoms with van der Waals surface area (Å²) in [5.41, 5.74) is 0.877. The lowest BCUT2D eigenvalue weighted by molar-refractivity contribution is -0.137. The Morgan fingerprint density at radius 1 is 1.05 bits per heavy atom. The van der Waals surface area contributed by atoms with Gasteiger partial charge >= 0.3 is 6.18 Å². The molecule has 2 aliphatic rings. The molecule has 0 saturated carbocycles. The number of hydrogen-bond donors (Lipinski definition) is 1. The van der Waals surface area contributed by atoms with Crippen LogP contribution < -0.4 is 25.2 Å². The maximum Gasteiger partial charge on any atom is 0.418 e. The van der Waals surface area contributed by atoms with E-state index < -0.39 is 17.3 Å². The zero-order valence-corrected chi connectivity index (χ0v) is 21.9. The smallest absolute Gasteiger partial charge is 0.418 e. The Kier molecular flexibility index (Phi) is 7.00. The largest absolute Gasteiger partial charge is 0.497 e. The van der Waals surface area contributed by atoms with E-state index in [1.54, 1.807) is 18.2 Å². The summed E-state index contributed by atoms with van der Waals surface area (Å²) in [6, 6.07) is 8.79. The molecular formula is C28H29F3N4O4. The maximum absolute atomic E-state index is 14.2. The van der Waals surface area contributed by atoms with E-state index in [2.05, 4.69) is 10.4 Å². The number of carbonyl (C=O) groups excluding carboxylic acids is 1. The van der Waals surface area contributed by atoms with Crippen LogP contribution in [0, 0.1) is 0 Å². The number of nitrogens with one attached hydrogen (secondary N) is 1. The zero-order valence-electron chi connectivity index (χ0n) is 21.9. The van der Waals surface area contributed by atoms with Gasteiger partial charge in [-0.15, -0.1) is 0 Å². The molecule has 2 aromatic carbocycles. The standard InChI is InChI=1S/C28H29F3N4O4/c1-16(36)32-18-9-10-34(15-18)19-7-8-24(28(29,30)31)25(13-19)35-27(37)23-6-4-5-22(23)26(33-35)17-11-20(38-2)14-21(12-17)39-3/h7-8,11-14,18H,4-6,9-10,15H2,1-3H3,(H,32,36). The summed E-state index contributed by atoms with van der Waals surface area (Å²) in [5.74, 6) is 0.832. The van der Waals surface area contributed by atoms with Crippen molar-refractivity contribution in [2.75, 3.05) is 32.2 Å². The predicted octanol–water partition coefficient (Wildman–Crippen LogP) is 4.14. The minimum Gasteiger partial charge on any atom is -0.497 e. The van der Waals surface area contributed by atoms with Crippen molar-refractivity contribution in [1.82, 2.24) is 15.1 Å². The van der Waals surface area contributed by atoms with Crippen molar-refractivity contribution in [2.24, 2.45) is 0 Å². The quantitative estimate of drug-likeness (QED) is 0.504. The number of halogens is 3. The van der Waals surface area contributed by atoms with Gasteiger partial charge in [0.05, 0.1) is 31.2 Å². The summed E-state index contributed by atoms with van der Waals surface area (Å²) < 4.78 is 54.4. The Bertz CT molecular complexity index is 1460. The van der Waals surface area contributed by atoms with Crippen LogP contribution >= 0.6 is 0 Å². The Labute approximate surface area is 223 Å². The fraction of sp³-hybridized carbons (Fsp3) is 0.393. The number of hydrogen-bond acceptors (Lipinski definition) is 6. The van der Waals surface area contributed by atoms with Crippen LogP contribution in [-0.2, 0) is 23.8 Å². The first-order valence-electron chi connectivity index (χ1n) is 12.7. The molecule has 1 saturated heterocycles. The second-order valence-corrected chi connectivity index (χ2v) is 9.81. The second-order valence-electron chi connectivity index (χ2n) is 9.81. The van der Waals surface area contributed by atoms with Gasteiger partial charge in [-0.1, -0.05) is 0 Å². The highest BCUT2D eigenvalue weighted by atomic mass is 19.4. The van der Waals surface area contributed by atoms with E-state index in [1.165, 1.54) is 33.3 Å². The SMILES string of the molecule is COc1cc(OC)cc(-c2nn(-c3cc(N4CCC(NC(C)=O)C4)ccc3C(F)(F)F)c(=O)c3c2CCC3)c1. The van der Waals surface area contributed by atoms with Crippen molar-refractivity contribution in [3.8, 4) is 28.4 Å². The van der Waals surface area contributed by atoms with Gasteiger partial charge in [0.25, 0.3) is 5.56 Å². The molecule has 0 bridgehead atoms. The number of benzene rings is 2. The molecule has 2 heterocycles. The van der Waals surface area contributed by atoms with E-state index in [-0.39, 0.29) is 17.6 Å². The predicted molar refractivity (Wildman–Crippen MR) is 140 cm³/mol. The summed E-state index contributed by atoms with van der Waals surface area (Å²) in [5, 5.41) is 7.41. The molecule has 1 aliphatic heterocycles. The second kappa shape index (κ2) is 10.3. The molecule has 1 fully saturated rings. The highest BCUT2D eigenvalue weighted by Crippen LogP contribution is 2.38. The van der Waals surface area contributed by atoms with Gasteiger partial charge in [0, 0.05) is 48.9 Å². The summed E-state index contributed by atoms with van der Waals surface area (Å²) in [7, 11) is 3.01. The van der Waals surface area contributed by atoms with E-state index in [9.17, 15) is 22.8 Å². The summed E-state index contributed by atoms with van der Waals surface area (Å²) in [6.07, 6.45) is -2.30. The zero-order chi connectivity index (χ0) is 27.9. The molecule has 1 atom stereocenters. The average molecular weight is 543 g/mol. The van der Waals surface area contributed by atoms with Crippen LogP contribution in [0.5, 0.6) is 11.5 Å². The lowest BCUT2D eigenvalue weighted by Gasteiger charge is -2.22. The van der Waals surface area contributed by atoms with E-state index in [4.69, 9.17) is 9.47 Å². The van der Waals surface area contributed by atoms with Gasteiger partial charge in [-0.05, 0) is 61.6 Å². The Hall–Kier alpha value is -4.02. The van der Waals surface area contributed by atoms with Gasteiger partial charge in [0.2, 0.25) is 5.91 Å². The number of methoxy groups -OCH3 is 2. The Morgan fingerprint density at radius 3 is 2.38 bits per heavy atom. The Balaban J connectivity index is 1.68. The molecule has 3 aromatic rings. The molecule has 206 valence electrons.